The van der Waals surface area contributed by atoms with E-state index >= 15 is 0 Å². The van der Waals surface area contributed by atoms with Crippen LogP contribution in [0.5, 0.6) is 0 Å². The van der Waals surface area contributed by atoms with Crippen LogP contribution in [0.15, 0.2) is 0 Å². The van der Waals surface area contributed by atoms with Gasteiger partial charge in [0.05, 0.1) is 0 Å². The molecule has 0 heterocycles. The Bertz CT molecular complexity index is 155. The predicted octanol–water partition coefficient (Wildman–Crippen LogP) is 3.97. The van der Waals surface area contributed by atoms with Crippen molar-refractivity contribution in [3.05, 3.63) is 0 Å². The monoisotopic (exact) mass is 211 g/mol. The van der Waals surface area contributed by atoms with E-state index in [-0.39, 0.29) is 0 Å². The highest BCUT2D eigenvalue weighted by atomic mass is 14.7. The van der Waals surface area contributed by atoms with Crippen LogP contribution in [-0.4, -0.2) is 6.04 Å². The molecule has 1 aliphatic rings. The average Bonchev–Trinajstić information content (AvgIpc) is 2.26. The van der Waals surface area contributed by atoms with Crippen molar-refractivity contribution in [1.29, 1.82) is 0 Å². The minimum Gasteiger partial charge on any atom is -0.327 e. The fourth-order valence-electron chi connectivity index (χ4n) is 2.91. The summed E-state index contributed by atoms with van der Waals surface area (Å²) in [7, 11) is 0. The van der Waals surface area contributed by atoms with E-state index in [2.05, 4.69) is 20.8 Å². The fraction of sp³-hybridized carbons (Fsp3) is 1.00. The minimum atomic E-state index is 0.474. The molecule has 0 saturated heterocycles. The van der Waals surface area contributed by atoms with Crippen molar-refractivity contribution in [2.24, 2.45) is 23.5 Å². The summed E-state index contributed by atoms with van der Waals surface area (Å²) in [5.74, 6) is 2.63. The maximum atomic E-state index is 6.35. The highest BCUT2D eigenvalue weighted by Crippen LogP contribution is 2.32. The van der Waals surface area contributed by atoms with Crippen molar-refractivity contribution in [2.75, 3.05) is 0 Å². The summed E-state index contributed by atoms with van der Waals surface area (Å²) in [5.41, 5.74) is 6.35. The molecule has 1 rings (SSSR count). The second kappa shape index (κ2) is 6.52. The number of hydrogen-bond acceptors (Lipinski definition) is 1. The van der Waals surface area contributed by atoms with Crippen LogP contribution in [0.2, 0.25) is 0 Å². The SMILES string of the molecule is CCC(CC)CC(N)C1CCC(C)CC1. The third-order valence-electron chi connectivity index (χ3n) is 4.43. The largest absolute Gasteiger partial charge is 0.327 e. The Labute approximate surface area is 95.8 Å². The molecule has 90 valence electrons. The molecule has 1 atom stereocenters. The van der Waals surface area contributed by atoms with Crippen LogP contribution in [0, 0.1) is 17.8 Å². The van der Waals surface area contributed by atoms with Crippen LogP contribution in [-0.2, 0) is 0 Å². The van der Waals surface area contributed by atoms with E-state index in [9.17, 15) is 0 Å². The molecule has 0 aliphatic heterocycles. The topological polar surface area (TPSA) is 26.0 Å². The molecule has 1 heteroatoms. The first-order valence-corrected chi connectivity index (χ1v) is 6.92. The first-order chi connectivity index (χ1) is 7.17. The molecule has 15 heavy (non-hydrogen) atoms. The molecule has 1 fully saturated rings. The smallest absolute Gasteiger partial charge is 0.00697 e. The van der Waals surface area contributed by atoms with E-state index in [0.717, 1.165) is 17.8 Å². The van der Waals surface area contributed by atoms with Gasteiger partial charge in [-0.1, -0.05) is 46.5 Å². The highest BCUT2D eigenvalue weighted by Gasteiger charge is 2.24. The second-order valence-electron chi connectivity index (χ2n) is 5.60. The molecule has 1 nitrogen and oxygen atoms in total. The van der Waals surface area contributed by atoms with Crippen LogP contribution in [0.1, 0.15) is 65.7 Å². The number of nitrogens with two attached hydrogens (primary N) is 1. The van der Waals surface area contributed by atoms with E-state index in [1.54, 1.807) is 0 Å². The van der Waals surface area contributed by atoms with Crippen molar-refractivity contribution in [1.82, 2.24) is 0 Å². The van der Waals surface area contributed by atoms with Crippen molar-refractivity contribution in [2.45, 2.75) is 71.8 Å². The Morgan fingerprint density at radius 2 is 1.60 bits per heavy atom. The lowest BCUT2D eigenvalue weighted by Crippen LogP contribution is -2.34. The van der Waals surface area contributed by atoms with Gasteiger partial charge in [0, 0.05) is 6.04 Å². The molecular formula is C14H29N. The Morgan fingerprint density at radius 3 is 2.07 bits per heavy atom. The second-order valence-corrected chi connectivity index (χ2v) is 5.60. The van der Waals surface area contributed by atoms with E-state index in [0.29, 0.717) is 6.04 Å². The highest BCUT2D eigenvalue weighted by molar-refractivity contribution is 4.80. The Kier molecular flexibility index (Phi) is 5.66. The standard InChI is InChI=1S/C14H29N/c1-4-12(5-2)10-14(15)13-8-6-11(3)7-9-13/h11-14H,4-10,15H2,1-3H3. The summed E-state index contributed by atoms with van der Waals surface area (Å²) in [4.78, 5) is 0. The molecule has 0 spiro atoms. The number of hydrogen-bond donors (Lipinski definition) is 1. The van der Waals surface area contributed by atoms with E-state index < -0.39 is 0 Å². The van der Waals surface area contributed by atoms with Gasteiger partial charge in [0.25, 0.3) is 0 Å². The molecule has 1 saturated carbocycles. The zero-order chi connectivity index (χ0) is 11.3. The lowest BCUT2D eigenvalue weighted by Gasteiger charge is -2.32. The van der Waals surface area contributed by atoms with Crippen molar-refractivity contribution in [3.63, 3.8) is 0 Å². The molecular weight excluding hydrogens is 182 g/mol. The molecule has 2 N–H and O–H groups in total. The molecule has 0 bridgehead atoms. The molecule has 0 amide bonds. The van der Waals surface area contributed by atoms with E-state index in [1.807, 2.05) is 0 Å². The molecule has 1 unspecified atom stereocenters. The summed E-state index contributed by atoms with van der Waals surface area (Å²) < 4.78 is 0. The lowest BCUT2D eigenvalue weighted by molar-refractivity contribution is 0.229. The van der Waals surface area contributed by atoms with Gasteiger partial charge in [-0.15, -0.1) is 0 Å². The maximum absolute atomic E-state index is 6.35. The van der Waals surface area contributed by atoms with Crippen LogP contribution >= 0.6 is 0 Å². The molecule has 0 aromatic rings. The van der Waals surface area contributed by atoms with Crippen LogP contribution in [0.4, 0.5) is 0 Å². The summed E-state index contributed by atoms with van der Waals surface area (Å²) >= 11 is 0. The van der Waals surface area contributed by atoms with Gasteiger partial charge in [-0.05, 0) is 37.0 Å². The van der Waals surface area contributed by atoms with Gasteiger partial charge in [-0.25, -0.2) is 0 Å². The van der Waals surface area contributed by atoms with Crippen molar-refractivity contribution >= 4 is 0 Å². The third-order valence-corrected chi connectivity index (χ3v) is 4.43. The molecule has 0 radical (unpaired) electrons. The summed E-state index contributed by atoms with van der Waals surface area (Å²) in [6.07, 6.45) is 9.42. The van der Waals surface area contributed by atoms with Gasteiger partial charge in [0.1, 0.15) is 0 Å². The van der Waals surface area contributed by atoms with Crippen molar-refractivity contribution < 1.29 is 0 Å². The van der Waals surface area contributed by atoms with E-state index in [1.165, 1.54) is 44.9 Å². The van der Waals surface area contributed by atoms with Crippen LogP contribution < -0.4 is 5.73 Å². The van der Waals surface area contributed by atoms with Gasteiger partial charge in [-0.2, -0.15) is 0 Å². The molecule has 1 aliphatic carbocycles. The van der Waals surface area contributed by atoms with Gasteiger partial charge >= 0.3 is 0 Å². The first-order valence-electron chi connectivity index (χ1n) is 6.92. The fourth-order valence-corrected chi connectivity index (χ4v) is 2.91. The third kappa shape index (κ3) is 4.14. The Morgan fingerprint density at radius 1 is 1.07 bits per heavy atom. The number of rotatable bonds is 5. The van der Waals surface area contributed by atoms with Crippen LogP contribution in [0.3, 0.4) is 0 Å². The van der Waals surface area contributed by atoms with Gasteiger partial charge in [-0.3, -0.25) is 0 Å². The Balaban J connectivity index is 2.30. The maximum Gasteiger partial charge on any atom is 0.00697 e. The lowest BCUT2D eigenvalue weighted by atomic mass is 9.77. The molecule has 0 aromatic carbocycles. The predicted molar refractivity (Wildman–Crippen MR) is 67.8 cm³/mol. The summed E-state index contributed by atoms with van der Waals surface area (Å²) in [5, 5.41) is 0. The Hall–Kier alpha value is -0.0400. The first kappa shape index (κ1) is 13.0. The zero-order valence-corrected chi connectivity index (χ0v) is 10.8. The van der Waals surface area contributed by atoms with E-state index in [4.69, 9.17) is 5.73 Å². The normalized spacial score (nSPS) is 29.4. The van der Waals surface area contributed by atoms with Crippen LogP contribution in [0.25, 0.3) is 0 Å². The minimum absolute atomic E-state index is 0.474. The van der Waals surface area contributed by atoms with Crippen molar-refractivity contribution in [3.8, 4) is 0 Å². The average molecular weight is 211 g/mol. The molecule has 0 aromatic heterocycles. The zero-order valence-electron chi connectivity index (χ0n) is 10.8. The quantitative estimate of drug-likeness (QED) is 0.731. The van der Waals surface area contributed by atoms with Gasteiger partial charge in [0.15, 0.2) is 0 Å². The van der Waals surface area contributed by atoms with Gasteiger partial charge < -0.3 is 5.73 Å². The summed E-state index contributed by atoms with van der Waals surface area (Å²) in [6.45, 7) is 6.97. The van der Waals surface area contributed by atoms with Gasteiger partial charge in [0.2, 0.25) is 0 Å². The summed E-state index contributed by atoms with van der Waals surface area (Å²) in [6, 6.07) is 0.474.